The van der Waals surface area contributed by atoms with Gasteiger partial charge in [0.25, 0.3) is 5.91 Å². The Morgan fingerprint density at radius 3 is 2.31 bits per heavy atom. The maximum Gasteiger partial charge on any atom is 0.271 e. The zero-order chi connectivity index (χ0) is 24.2. The van der Waals surface area contributed by atoms with E-state index in [1.165, 1.54) is 0 Å². The lowest BCUT2D eigenvalue weighted by molar-refractivity contribution is 0.0939. The van der Waals surface area contributed by atoms with Crippen molar-refractivity contribution in [3.05, 3.63) is 102 Å². The molecule has 0 radical (unpaired) electrons. The zero-order valence-electron chi connectivity index (χ0n) is 18.6. The van der Waals surface area contributed by atoms with E-state index in [9.17, 15) is 4.79 Å². The maximum absolute atomic E-state index is 12.5. The number of benzene rings is 3. The van der Waals surface area contributed by atoms with Crippen molar-refractivity contribution in [1.82, 2.24) is 19.9 Å². The number of ether oxygens (including phenoxy) is 1. The normalized spacial score (nSPS) is 10.9. The molecule has 2 heterocycles. The van der Waals surface area contributed by atoms with Crippen molar-refractivity contribution in [2.75, 3.05) is 13.2 Å². The number of rotatable bonds is 7. The summed E-state index contributed by atoms with van der Waals surface area (Å²) in [4.78, 5) is 17.2. The van der Waals surface area contributed by atoms with Crippen molar-refractivity contribution in [3.8, 4) is 34.0 Å². The minimum Gasteiger partial charge on any atom is -0.457 e. The van der Waals surface area contributed by atoms with E-state index >= 15 is 0 Å². The highest BCUT2D eigenvalue weighted by atomic mass is 35.5. The van der Waals surface area contributed by atoms with Crippen LogP contribution >= 0.6 is 11.6 Å². The molecule has 0 spiro atoms. The topological polar surface area (TPSA) is 88.8 Å². The molecule has 0 saturated heterocycles. The molecule has 35 heavy (non-hydrogen) atoms. The summed E-state index contributed by atoms with van der Waals surface area (Å²) in [6.45, 7) is -0.00732. The molecule has 0 saturated carbocycles. The smallest absolute Gasteiger partial charge is 0.271 e. The van der Waals surface area contributed by atoms with Crippen LogP contribution in [0.2, 0.25) is 5.02 Å². The van der Waals surface area contributed by atoms with Gasteiger partial charge in [-0.15, -0.1) is 0 Å². The van der Waals surface area contributed by atoms with E-state index in [2.05, 4.69) is 10.4 Å². The van der Waals surface area contributed by atoms with Gasteiger partial charge in [-0.2, -0.15) is 5.10 Å². The number of carbonyl (C=O) groups is 1. The molecule has 0 aliphatic rings. The number of carbonyl (C=O) groups excluding carboxylic acids is 1. The quantitative estimate of drug-likeness (QED) is 0.330. The summed E-state index contributed by atoms with van der Waals surface area (Å²) in [6, 6.07) is 28.2. The molecule has 0 aliphatic carbocycles. The molecule has 174 valence electrons. The van der Waals surface area contributed by atoms with Crippen LogP contribution in [0.5, 0.6) is 11.5 Å². The van der Waals surface area contributed by atoms with E-state index in [1.54, 1.807) is 10.6 Å². The summed E-state index contributed by atoms with van der Waals surface area (Å²) < 4.78 is 7.55. The molecule has 8 heteroatoms. The lowest BCUT2D eigenvalue weighted by atomic mass is 10.1. The van der Waals surface area contributed by atoms with Gasteiger partial charge in [0.05, 0.1) is 18.0 Å². The minimum atomic E-state index is -0.379. The van der Waals surface area contributed by atoms with Gasteiger partial charge in [-0.05, 0) is 54.6 Å². The molecule has 1 amide bonds. The summed E-state index contributed by atoms with van der Waals surface area (Å²) in [6.07, 6.45) is 0. The van der Waals surface area contributed by atoms with E-state index in [4.69, 9.17) is 26.4 Å². The van der Waals surface area contributed by atoms with Crippen LogP contribution in [0, 0.1) is 0 Å². The number of fused-ring (bicyclic) bond motifs is 1. The second kappa shape index (κ2) is 9.97. The number of para-hydroxylation sites is 1. The number of nitrogens with zero attached hydrogens (tertiary/aromatic N) is 3. The van der Waals surface area contributed by atoms with E-state index in [1.807, 2.05) is 84.9 Å². The monoisotopic (exact) mass is 484 g/mol. The molecule has 3 aromatic carbocycles. The van der Waals surface area contributed by atoms with Crippen LogP contribution in [0.25, 0.3) is 28.2 Å². The first-order chi connectivity index (χ1) is 17.1. The Hall–Kier alpha value is -4.20. The van der Waals surface area contributed by atoms with Crippen LogP contribution in [-0.4, -0.2) is 38.8 Å². The van der Waals surface area contributed by atoms with Crippen LogP contribution in [-0.2, 0) is 0 Å². The predicted octanol–water partition coefficient (Wildman–Crippen LogP) is 5.23. The molecule has 0 fully saturated rings. The highest BCUT2D eigenvalue weighted by Gasteiger charge is 2.16. The van der Waals surface area contributed by atoms with Crippen LogP contribution in [0.1, 0.15) is 10.5 Å². The average molecular weight is 485 g/mol. The van der Waals surface area contributed by atoms with Gasteiger partial charge >= 0.3 is 0 Å². The van der Waals surface area contributed by atoms with Crippen molar-refractivity contribution >= 4 is 23.2 Å². The summed E-state index contributed by atoms with van der Waals surface area (Å²) >= 11 is 6.07. The number of hydrogen-bond donors (Lipinski definition) is 2. The SMILES string of the molecule is O=C(NCCO)c1cc2nc(-c3ccc(Cl)cc3)cc(-c3ccc(Oc4ccccc4)cc3)n2n1. The first kappa shape index (κ1) is 22.6. The molecule has 2 N–H and O–H groups in total. The van der Waals surface area contributed by atoms with Crippen molar-refractivity contribution in [2.24, 2.45) is 0 Å². The lowest BCUT2D eigenvalue weighted by Crippen LogP contribution is -2.26. The summed E-state index contributed by atoms with van der Waals surface area (Å²) in [5.74, 6) is 1.07. The fraction of sp³-hybridized carbons (Fsp3) is 0.0741. The van der Waals surface area contributed by atoms with Crippen molar-refractivity contribution in [3.63, 3.8) is 0 Å². The number of hydrogen-bond acceptors (Lipinski definition) is 5. The van der Waals surface area contributed by atoms with E-state index < -0.39 is 0 Å². The van der Waals surface area contributed by atoms with Gasteiger partial charge in [-0.25, -0.2) is 9.50 Å². The van der Waals surface area contributed by atoms with Crippen molar-refractivity contribution in [1.29, 1.82) is 0 Å². The Bertz CT molecular complexity index is 1470. The number of amides is 1. The molecule has 0 bridgehead atoms. The standard InChI is InChI=1S/C27H21ClN4O3/c28-20-10-6-18(7-11-20)23-16-25(32-26(30-23)17-24(31-32)27(34)29-14-15-33)19-8-12-22(13-9-19)35-21-4-2-1-3-5-21/h1-13,16-17,33H,14-15H2,(H,29,34). The molecular formula is C27H21ClN4O3. The van der Waals surface area contributed by atoms with Crippen molar-refractivity contribution in [2.45, 2.75) is 0 Å². The Morgan fingerprint density at radius 1 is 0.914 bits per heavy atom. The van der Waals surface area contributed by atoms with Gasteiger partial charge in [0.2, 0.25) is 0 Å². The summed E-state index contributed by atoms with van der Waals surface area (Å²) in [7, 11) is 0. The molecular weight excluding hydrogens is 464 g/mol. The summed E-state index contributed by atoms with van der Waals surface area (Å²) in [5.41, 5.74) is 3.97. The van der Waals surface area contributed by atoms with Gasteiger partial charge in [0, 0.05) is 28.8 Å². The lowest BCUT2D eigenvalue weighted by Gasteiger charge is -2.10. The number of halogens is 1. The Morgan fingerprint density at radius 2 is 1.60 bits per heavy atom. The third kappa shape index (κ3) is 5.01. The molecule has 0 unspecified atom stereocenters. The van der Waals surface area contributed by atoms with E-state index in [-0.39, 0.29) is 24.8 Å². The second-order valence-electron chi connectivity index (χ2n) is 7.75. The first-order valence-electron chi connectivity index (χ1n) is 11.0. The van der Waals surface area contributed by atoms with Crippen LogP contribution in [0.3, 0.4) is 0 Å². The fourth-order valence-corrected chi connectivity index (χ4v) is 3.76. The molecule has 5 aromatic rings. The van der Waals surface area contributed by atoms with Gasteiger partial charge in [0.15, 0.2) is 11.3 Å². The van der Waals surface area contributed by atoms with Crippen LogP contribution < -0.4 is 10.1 Å². The largest absolute Gasteiger partial charge is 0.457 e. The number of aliphatic hydroxyl groups is 1. The number of nitrogens with one attached hydrogen (secondary N) is 1. The third-order valence-corrected chi connectivity index (χ3v) is 5.58. The van der Waals surface area contributed by atoms with Crippen LogP contribution in [0.4, 0.5) is 0 Å². The molecule has 7 nitrogen and oxygen atoms in total. The Balaban J connectivity index is 1.57. The molecule has 2 aromatic heterocycles. The van der Waals surface area contributed by atoms with Crippen molar-refractivity contribution < 1.29 is 14.6 Å². The van der Waals surface area contributed by atoms with E-state index in [0.29, 0.717) is 16.4 Å². The number of aliphatic hydroxyl groups excluding tert-OH is 1. The maximum atomic E-state index is 12.5. The second-order valence-corrected chi connectivity index (χ2v) is 8.19. The Kier molecular flexibility index (Phi) is 6.43. The molecule has 0 atom stereocenters. The van der Waals surface area contributed by atoms with Gasteiger partial charge in [-0.1, -0.05) is 41.9 Å². The molecule has 0 aliphatic heterocycles. The van der Waals surface area contributed by atoms with Crippen LogP contribution in [0.15, 0.2) is 91.0 Å². The first-order valence-corrected chi connectivity index (χ1v) is 11.4. The van der Waals surface area contributed by atoms with E-state index in [0.717, 1.165) is 28.3 Å². The number of aromatic nitrogens is 3. The minimum absolute atomic E-state index is 0.145. The average Bonchev–Trinajstić information content (AvgIpc) is 3.33. The van der Waals surface area contributed by atoms with Gasteiger partial charge in [-0.3, -0.25) is 4.79 Å². The predicted molar refractivity (Wildman–Crippen MR) is 135 cm³/mol. The highest BCUT2D eigenvalue weighted by molar-refractivity contribution is 6.30. The zero-order valence-corrected chi connectivity index (χ0v) is 19.3. The Labute approximate surface area is 206 Å². The summed E-state index contributed by atoms with van der Waals surface area (Å²) in [5, 5.41) is 16.8. The fourth-order valence-electron chi connectivity index (χ4n) is 3.64. The highest BCUT2D eigenvalue weighted by Crippen LogP contribution is 2.30. The third-order valence-electron chi connectivity index (χ3n) is 5.33. The molecule has 5 rings (SSSR count). The van der Waals surface area contributed by atoms with Gasteiger partial charge in [0.1, 0.15) is 11.5 Å². The van der Waals surface area contributed by atoms with Gasteiger partial charge < -0.3 is 15.2 Å².